The van der Waals surface area contributed by atoms with Crippen molar-refractivity contribution in [1.82, 2.24) is 0 Å². The smallest absolute Gasteiger partial charge is 0.0167 e. The Labute approximate surface area is 92.8 Å². The van der Waals surface area contributed by atoms with E-state index in [0.717, 1.165) is 10.8 Å². The summed E-state index contributed by atoms with van der Waals surface area (Å²) in [6.07, 6.45) is 14.4. The summed E-state index contributed by atoms with van der Waals surface area (Å²) in [5, 5.41) is 0. The van der Waals surface area contributed by atoms with E-state index in [1.54, 1.807) is 57.8 Å². The molecule has 0 N–H and O–H groups in total. The van der Waals surface area contributed by atoms with Crippen LogP contribution in [0, 0.1) is 34.5 Å². The van der Waals surface area contributed by atoms with Gasteiger partial charge in [-0.2, -0.15) is 0 Å². The van der Waals surface area contributed by atoms with Crippen molar-refractivity contribution in [3.8, 4) is 0 Å². The first-order valence-corrected chi connectivity index (χ1v) is 7.41. The molecule has 5 fully saturated rings. The second kappa shape index (κ2) is 2.17. The first-order chi connectivity index (χ1) is 7.41. The van der Waals surface area contributed by atoms with Gasteiger partial charge in [0.15, 0.2) is 0 Å². The summed E-state index contributed by atoms with van der Waals surface area (Å²) in [5.74, 6) is 4.93. The molecule has 0 aromatic carbocycles. The van der Waals surface area contributed by atoms with Gasteiger partial charge < -0.3 is 0 Å². The van der Waals surface area contributed by atoms with E-state index in [1.807, 2.05) is 0 Å². The fourth-order valence-corrected chi connectivity index (χ4v) is 6.85. The molecule has 0 heteroatoms. The zero-order valence-corrected chi connectivity index (χ0v) is 9.67. The first kappa shape index (κ1) is 8.14. The molecule has 0 bridgehead atoms. The average molecular weight is 202 g/mol. The highest BCUT2D eigenvalue weighted by molar-refractivity contribution is 5.41. The monoisotopic (exact) mass is 202 g/mol. The second-order valence-corrected chi connectivity index (χ2v) is 7.25. The largest absolute Gasteiger partial charge is 0.0530 e. The van der Waals surface area contributed by atoms with Crippen molar-refractivity contribution < 1.29 is 0 Å². The van der Waals surface area contributed by atoms with Gasteiger partial charge in [-0.1, -0.05) is 25.7 Å². The topological polar surface area (TPSA) is 0 Å². The van der Waals surface area contributed by atoms with E-state index < -0.39 is 0 Å². The van der Waals surface area contributed by atoms with Crippen LogP contribution in [0.3, 0.4) is 0 Å². The highest BCUT2D eigenvalue weighted by atomic mass is 15.0. The average Bonchev–Trinajstić information content (AvgIpc) is 3.23. The standard InChI is InChI=1S/C15H22/c1-2-6-11-10(5-1)14(11)9-15(14)12-7-3-4-8-13(12)15/h10-13H,1-9H2/t10-,11+,12-,13+,14?,15?. The zero-order valence-electron chi connectivity index (χ0n) is 9.67. The van der Waals surface area contributed by atoms with E-state index in [4.69, 9.17) is 0 Å². The normalized spacial score (nSPS) is 68.8. The van der Waals surface area contributed by atoms with Crippen LogP contribution < -0.4 is 0 Å². The van der Waals surface area contributed by atoms with E-state index >= 15 is 0 Å². The Morgan fingerprint density at radius 3 is 1.20 bits per heavy atom. The lowest BCUT2D eigenvalue weighted by atomic mass is 10.0. The van der Waals surface area contributed by atoms with Crippen LogP contribution in [-0.2, 0) is 0 Å². The molecule has 5 saturated carbocycles. The Balaban J connectivity index is 1.47. The quantitative estimate of drug-likeness (QED) is 0.557. The van der Waals surface area contributed by atoms with Gasteiger partial charge >= 0.3 is 0 Å². The summed E-state index contributed by atoms with van der Waals surface area (Å²) in [6, 6.07) is 0. The molecule has 82 valence electrons. The van der Waals surface area contributed by atoms with Crippen molar-refractivity contribution in [2.24, 2.45) is 34.5 Å². The summed E-state index contributed by atoms with van der Waals surface area (Å²) in [6.45, 7) is 0. The van der Waals surface area contributed by atoms with Crippen LogP contribution in [0.5, 0.6) is 0 Å². The van der Waals surface area contributed by atoms with Crippen molar-refractivity contribution in [2.45, 2.75) is 57.8 Å². The molecule has 5 aliphatic carbocycles. The van der Waals surface area contributed by atoms with E-state index in [1.165, 1.54) is 23.7 Å². The minimum absolute atomic E-state index is 0.989. The van der Waals surface area contributed by atoms with Gasteiger partial charge in [-0.25, -0.2) is 0 Å². The third-order valence-electron chi connectivity index (χ3n) is 7.29. The summed E-state index contributed by atoms with van der Waals surface area (Å²) in [5.41, 5.74) is 1.98. The molecule has 0 aromatic rings. The number of hydrogen-bond donors (Lipinski definition) is 0. The summed E-state index contributed by atoms with van der Waals surface area (Å²) in [7, 11) is 0. The van der Waals surface area contributed by atoms with Crippen LogP contribution in [0.1, 0.15) is 57.8 Å². The number of rotatable bonds is 0. The van der Waals surface area contributed by atoms with Gasteiger partial charge in [0.05, 0.1) is 0 Å². The minimum atomic E-state index is 0.989. The van der Waals surface area contributed by atoms with Gasteiger partial charge in [-0.15, -0.1) is 0 Å². The molecular weight excluding hydrogens is 180 g/mol. The summed E-state index contributed by atoms with van der Waals surface area (Å²) < 4.78 is 0. The van der Waals surface area contributed by atoms with E-state index in [9.17, 15) is 0 Å². The molecule has 0 aliphatic heterocycles. The highest BCUT2D eigenvalue weighted by Crippen LogP contribution is 3.00. The van der Waals surface area contributed by atoms with Crippen LogP contribution in [0.4, 0.5) is 0 Å². The maximum Gasteiger partial charge on any atom is -0.0167 e. The Kier molecular flexibility index (Phi) is 1.18. The molecule has 2 unspecified atom stereocenters. The van der Waals surface area contributed by atoms with Crippen LogP contribution >= 0.6 is 0 Å². The van der Waals surface area contributed by atoms with Gasteiger partial charge in [0, 0.05) is 0 Å². The van der Waals surface area contributed by atoms with Crippen LogP contribution in [0.25, 0.3) is 0 Å². The molecule has 6 atom stereocenters. The fourth-order valence-electron chi connectivity index (χ4n) is 6.85. The summed E-state index contributed by atoms with van der Waals surface area (Å²) in [4.78, 5) is 0. The molecule has 2 spiro atoms. The molecule has 0 saturated heterocycles. The number of fused-ring (bicyclic) bond motifs is 7. The Hall–Kier alpha value is 0. The first-order valence-electron chi connectivity index (χ1n) is 7.41. The SMILES string of the molecule is C1CC[C@H]2[C@@H](C1)C21CC12[C@@H]1CCCC[C@@H]12. The molecule has 0 radical (unpaired) electrons. The highest BCUT2D eigenvalue weighted by Gasteiger charge is 2.94. The van der Waals surface area contributed by atoms with Gasteiger partial charge in [0.2, 0.25) is 0 Å². The Bertz CT molecular complexity index is 273. The van der Waals surface area contributed by atoms with Gasteiger partial charge in [0.25, 0.3) is 0 Å². The van der Waals surface area contributed by atoms with E-state index in [0.29, 0.717) is 0 Å². The Morgan fingerprint density at radius 2 is 0.867 bits per heavy atom. The van der Waals surface area contributed by atoms with E-state index in [-0.39, 0.29) is 0 Å². The molecule has 0 heterocycles. The third-order valence-corrected chi connectivity index (χ3v) is 7.29. The maximum absolute atomic E-state index is 1.70. The molecule has 5 aliphatic rings. The molecule has 0 aromatic heterocycles. The van der Waals surface area contributed by atoms with Crippen LogP contribution in [0.15, 0.2) is 0 Å². The van der Waals surface area contributed by atoms with Crippen molar-refractivity contribution in [3.05, 3.63) is 0 Å². The second-order valence-electron chi connectivity index (χ2n) is 7.25. The molecule has 0 nitrogen and oxygen atoms in total. The van der Waals surface area contributed by atoms with Gasteiger partial charge in [-0.3, -0.25) is 0 Å². The van der Waals surface area contributed by atoms with Crippen LogP contribution in [0.2, 0.25) is 0 Å². The van der Waals surface area contributed by atoms with Crippen LogP contribution in [-0.4, -0.2) is 0 Å². The van der Waals surface area contributed by atoms with Gasteiger partial charge in [0.1, 0.15) is 0 Å². The lowest BCUT2D eigenvalue weighted by Crippen LogP contribution is -1.91. The predicted octanol–water partition coefficient (Wildman–Crippen LogP) is 4.00. The third kappa shape index (κ3) is 0.666. The van der Waals surface area contributed by atoms with Crippen molar-refractivity contribution in [3.63, 3.8) is 0 Å². The van der Waals surface area contributed by atoms with Crippen molar-refractivity contribution in [2.75, 3.05) is 0 Å². The number of hydrogen-bond acceptors (Lipinski definition) is 0. The molecule has 15 heavy (non-hydrogen) atoms. The maximum atomic E-state index is 1.70. The van der Waals surface area contributed by atoms with Crippen molar-refractivity contribution >= 4 is 0 Å². The molecule has 5 rings (SSSR count). The van der Waals surface area contributed by atoms with Gasteiger partial charge in [-0.05, 0) is 66.6 Å². The summed E-state index contributed by atoms with van der Waals surface area (Å²) >= 11 is 0. The molecule has 0 amide bonds. The minimum Gasteiger partial charge on any atom is -0.0530 e. The lowest BCUT2D eigenvalue weighted by Gasteiger charge is -2.04. The zero-order chi connectivity index (χ0) is 9.67. The fraction of sp³-hybridized carbons (Fsp3) is 1.00. The van der Waals surface area contributed by atoms with E-state index in [2.05, 4.69) is 0 Å². The Morgan fingerprint density at radius 1 is 0.533 bits per heavy atom. The predicted molar refractivity (Wildman–Crippen MR) is 60.4 cm³/mol. The molecular formula is C15H22. The lowest BCUT2D eigenvalue weighted by molar-refractivity contribution is 0.480. The van der Waals surface area contributed by atoms with Crippen molar-refractivity contribution in [1.29, 1.82) is 0 Å².